The number of ether oxygens (including phenoxy) is 1. The Kier molecular flexibility index (Phi) is 8.58. The zero-order chi connectivity index (χ0) is 12.4. The van der Waals surface area contributed by atoms with Crippen LogP contribution in [0, 0.1) is 5.92 Å². The summed E-state index contributed by atoms with van der Waals surface area (Å²) in [5.74, 6) is -1.11. The van der Waals surface area contributed by atoms with E-state index in [2.05, 4.69) is 4.74 Å². The largest absolute Gasteiger partial charge is 0.481 e. The maximum atomic E-state index is 10.8. The Balaban J connectivity index is 3.55. The van der Waals surface area contributed by atoms with Crippen molar-refractivity contribution in [1.82, 2.24) is 0 Å². The van der Waals surface area contributed by atoms with Crippen molar-refractivity contribution >= 4 is 11.9 Å². The first-order valence-electron chi connectivity index (χ1n) is 5.91. The minimum absolute atomic E-state index is 0.191. The van der Waals surface area contributed by atoms with Gasteiger partial charge in [-0.15, -0.1) is 0 Å². The molecule has 1 N–H and O–H groups in total. The Morgan fingerprint density at radius 3 is 2.38 bits per heavy atom. The number of unbranched alkanes of at least 4 members (excludes halogenated alkanes) is 2. The number of aliphatic carboxylic acids is 1. The summed E-state index contributed by atoms with van der Waals surface area (Å²) in [6.45, 7) is 1.99. The van der Waals surface area contributed by atoms with E-state index in [9.17, 15) is 9.59 Å². The van der Waals surface area contributed by atoms with E-state index >= 15 is 0 Å². The fourth-order valence-corrected chi connectivity index (χ4v) is 1.68. The van der Waals surface area contributed by atoms with Gasteiger partial charge in [-0.05, 0) is 19.3 Å². The molecule has 1 atom stereocenters. The van der Waals surface area contributed by atoms with Crippen LogP contribution in [0.3, 0.4) is 0 Å². The number of carboxylic acids is 1. The molecule has 0 saturated carbocycles. The molecule has 0 heterocycles. The topological polar surface area (TPSA) is 63.6 Å². The quantitative estimate of drug-likeness (QED) is 0.488. The van der Waals surface area contributed by atoms with E-state index in [-0.39, 0.29) is 11.9 Å². The number of rotatable bonds is 9. The van der Waals surface area contributed by atoms with Crippen LogP contribution in [0.5, 0.6) is 0 Å². The Morgan fingerprint density at radius 2 is 1.88 bits per heavy atom. The number of methoxy groups -OCH3 is 1. The lowest BCUT2D eigenvalue weighted by molar-refractivity contribution is -0.143. The molecule has 0 aliphatic rings. The average Bonchev–Trinajstić information content (AvgIpc) is 2.26. The normalized spacial score (nSPS) is 12.1. The monoisotopic (exact) mass is 230 g/mol. The van der Waals surface area contributed by atoms with Gasteiger partial charge in [0.05, 0.1) is 13.0 Å². The van der Waals surface area contributed by atoms with Crippen LogP contribution in [0.1, 0.15) is 51.9 Å². The van der Waals surface area contributed by atoms with Gasteiger partial charge in [0, 0.05) is 6.42 Å². The molecule has 0 aromatic heterocycles. The summed E-state index contributed by atoms with van der Waals surface area (Å²) >= 11 is 0. The third kappa shape index (κ3) is 7.26. The van der Waals surface area contributed by atoms with E-state index in [4.69, 9.17) is 5.11 Å². The van der Waals surface area contributed by atoms with E-state index < -0.39 is 5.97 Å². The van der Waals surface area contributed by atoms with Crippen LogP contribution in [0.2, 0.25) is 0 Å². The van der Waals surface area contributed by atoms with Crippen molar-refractivity contribution in [2.45, 2.75) is 51.9 Å². The molecule has 16 heavy (non-hydrogen) atoms. The number of carboxylic acid groups (broad SMARTS) is 1. The molecule has 0 aromatic rings. The highest BCUT2D eigenvalue weighted by atomic mass is 16.5. The molecule has 0 aromatic carbocycles. The molecule has 1 unspecified atom stereocenters. The lowest BCUT2D eigenvalue weighted by Crippen LogP contribution is -2.13. The molecule has 0 radical (unpaired) electrons. The lowest BCUT2D eigenvalue weighted by atomic mass is 9.96. The van der Waals surface area contributed by atoms with E-state index in [1.807, 2.05) is 6.92 Å². The fourth-order valence-electron chi connectivity index (χ4n) is 1.68. The number of carbonyl (C=O) groups excluding carboxylic acids is 1. The van der Waals surface area contributed by atoms with Gasteiger partial charge in [0.1, 0.15) is 0 Å². The molecule has 0 saturated heterocycles. The minimum atomic E-state index is -0.699. The predicted molar refractivity (Wildman–Crippen MR) is 61.1 cm³/mol. The summed E-state index contributed by atoms with van der Waals surface area (Å²) < 4.78 is 4.52. The summed E-state index contributed by atoms with van der Waals surface area (Å²) in [4.78, 5) is 21.6. The molecular formula is C12H22O4. The van der Waals surface area contributed by atoms with Crippen molar-refractivity contribution in [3.63, 3.8) is 0 Å². The van der Waals surface area contributed by atoms with E-state index in [1.165, 1.54) is 7.11 Å². The summed E-state index contributed by atoms with van der Waals surface area (Å²) in [6, 6.07) is 0. The Morgan fingerprint density at radius 1 is 1.19 bits per heavy atom. The SMILES string of the molecule is CCCC(CCCCCC(=O)OC)C(=O)O. The highest BCUT2D eigenvalue weighted by Gasteiger charge is 2.15. The van der Waals surface area contributed by atoms with Gasteiger partial charge in [0.15, 0.2) is 0 Å². The zero-order valence-electron chi connectivity index (χ0n) is 10.2. The van der Waals surface area contributed by atoms with Gasteiger partial charge in [0.2, 0.25) is 0 Å². The molecule has 0 rings (SSSR count). The van der Waals surface area contributed by atoms with Crippen LogP contribution in [-0.4, -0.2) is 24.2 Å². The summed E-state index contributed by atoms with van der Waals surface area (Å²) in [5, 5.41) is 8.91. The van der Waals surface area contributed by atoms with Crippen molar-refractivity contribution in [1.29, 1.82) is 0 Å². The molecule has 0 aliphatic carbocycles. The van der Waals surface area contributed by atoms with Crippen LogP contribution in [-0.2, 0) is 14.3 Å². The Hall–Kier alpha value is -1.06. The molecular weight excluding hydrogens is 208 g/mol. The van der Waals surface area contributed by atoms with E-state index in [0.717, 1.165) is 32.1 Å². The molecule has 94 valence electrons. The number of carbonyl (C=O) groups is 2. The third-order valence-corrected chi connectivity index (χ3v) is 2.65. The van der Waals surface area contributed by atoms with Crippen LogP contribution < -0.4 is 0 Å². The van der Waals surface area contributed by atoms with Gasteiger partial charge in [-0.3, -0.25) is 9.59 Å². The lowest BCUT2D eigenvalue weighted by Gasteiger charge is -2.10. The van der Waals surface area contributed by atoms with Gasteiger partial charge in [-0.1, -0.05) is 26.2 Å². The van der Waals surface area contributed by atoms with E-state index in [1.54, 1.807) is 0 Å². The van der Waals surface area contributed by atoms with Crippen LogP contribution in [0.4, 0.5) is 0 Å². The first-order valence-corrected chi connectivity index (χ1v) is 5.91. The zero-order valence-corrected chi connectivity index (χ0v) is 10.2. The summed E-state index contributed by atoms with van der Waals surface area (Å²) in [6.07, 6.45) is 5.33. The number of hydrogen-bond donors (Lipinski definition) is 1. The molecule has 0 spiro atoms. The molecule has 0 bridgehead atoms. The first kappa shape index (κ1) is 14.9. The Labute approximate surface area is 97.0 Å². The van der Waals surface area contributed by atoms with E-state index in [0.29, 0.717) is 12.8 Å². The molecule has 0 aliphatic heterocycles. The smallest absolute Gasteiger partial charge is 0.306 e. The fraction of sp³-hybridized carbons (Fsp3) is 0.833. The molecule has 4 nitrogen and oxygen atoms in total. The highest BCUT2D eigenvalue weighted by molar-refractivity contribution is 5.70. The van der Waals surface area contributed by atoms with Gasteiger partial charge in [0.25, 0.3) is 0 Å². The number of hydrogen-bond acceptors (Lipinski definition) is 3. The van der Waals surface area contributed by atoms with Crippen LogP contribution in [0.25, 0.3) is 0 Å². The molecule has 4 heteroatoms. The summed E-state index contributed by atoms with van der Waals surface area (Å²) in [5.41, 5.74) is 0. The first-order chi connectivity index (χ1) is 7.61. The van der Waals surface area contributed by atoms with Crippen LogP contribution >= 0.6 is 0 Å². The van der Waals surface area contributed by atoms with Crippen LogP contribution in [0.15, 0.2) is 0 Å². The van der Waals surface area contributed by atoms with Crippen molar-refractivity contribution < 1.29 is 19.4 Å². The highest BCUT2D eigenvalue weighted by Crippen LogP contribution is 2.16. The average molecular weight is 230 g/mol. The Bertz CT molecular complexity index is 213. The standard InChI is InChI=1S/C12H22O4/c1-3-7-10(12(14)15)8-5-4-6-9-11(13)16-2/h10H,3-9H2,1-2H3,(H,14,15). The van der Waals surface area contributed by atoms with Gasteiger partial charge < -0.3 is 9.84 Å². The second kappa shape index (κ2) is 9.19. The van der Waals surface area contributed by atoms with Crippen molar-refractivity contribution in [2.75, 3.05) is 7.11 Å². The second-order valence-corrected chi connectivity index (χ2v) is 4.00. The second-order valence-electron chi connectivity index (χ2n) is 4.00. The molecule has 0 amide bonds. The van der Waals surface area contributed by atoms with Crippen molar-refractivity contribution in [3.8, 4) is 0 Å². The van der Waals surface area contributed by atoms with Gasteiger partial charge in [-0.25, -0.2) is 0 Å². The molecule has 0 fully saturated rings. The predicted octanol–water partition coefficient (Wildman–Crippen LogP) is 2.61. The number of esters is 1. The van der Waals surface area contributed by atoms with Gasteiger partial charge in [-0.2, -0.15) is 0 Å². The summed E-state index contributed by atoms with van der Waals surface area (Å²) in [7, 11) is 1.38. The maximum Gasteiger partial charge on any atom is 0.306 e. The van der Waals surface area contributed by atoms with Crippen molar-refractivity contribution in [2.24, 2.45) is 5.92 Å². The maximum absolute atomic E-state index is 10.8. The van der Waals surface area contributed by atoms with Gasteiger partial charge >= 0.3 is 11.9 Å². The minimum Gasteiger partial charge on any atom is -0.481 e. The van der Waals surface area contributed by atoms with Crippen molar-refractivity contribution in [3.05, 3.63) is 0 Å². The third-order valence-electron chi connectivity index (χ3n) is 2.65.